The van der Waals surface area contributed by atoms with Gasteiger partial charge in [-0.25, -0.2) is 4.98 Å². The number of aromatic nitrogens is 3. The minimum Gasteiger partial charge on any atom is -0.315 e. The van der Waals surface area contributed by atoms with Crippen LogP contribution in [-0.4, -0.2) is 14.8 Å². The third-order valence-electron chi connectivity index (χ3n) is 2.64. The van der Waals surface area contributed by atoms with Crippen LogP contribution in [0.15, 0.2) is 24.4 Å². The maximum atomic E-state index is 9.01. The number of anilines is 2. The molecule has 7 heteroatoms. The van der Waals surface area contributed by atoms with Crippen molar-refractivity contribution in [2.45, 2.75) is 0 Å². The van der Waals surface area contributed by atoms with Crippen LogP contribution >= 0.6 is 22.9 Å². The fourth-order valence-electron chi connectivity index (χ4n) is 1.72. The van der Waals surface area contributed by atoms with Gasteiger partial charge in [-0.05, 0) is 18.2 Å². The highest BCUT2D eigenvalue weighted by Gasteiger charge is 2.11. The maximum Gasteiger partial charge on any atom is 0.189 e. The molecule has 0 aliphatic rings. The van der Waals surface area contributed by atoms with Crippen LogP contribution in [0.25, 0.3) is 10.2 Å². The summed E-state index contributed by atoms with van der Waals surface area (Å²) in [6, 6.07) is 7.63. The van der Waals surface area contributed by atoms with Crippen LogP contribution in [0.2, 0.25) is 5.02 Å². The monoisotopic (exact) mass is 289 g/mol. The van der Waals surface area contributed by atoms with Gasteiger partial charge in [0.2, 0.25) is 0 Å². The number of rotatable bonds is 2. The molecule has 0 amide bonds. The van der Waals surface area contributed by atoms with E-state index < -0.39 is 0 Å². The van der Waals surface area contributed by atoms with E-state index in [1.165, 1.54) is 17.5 Å². The first-order chi connectivity index (χ1) is 9.17. The highest BCUT2D eigenvalue weighted by Crippen LogP contribution is 2.30. The molecule has 94 valence electrons. The van der Waals surface area contributed by atoms with Crippen molar-refractivity contribution in [3.05, 3.63) is 35.0 Å². The average molecular weight is 290 g/mol. The van der Waals surface area contributed by atoms with Crippen LogP contribution in [0.4, 0.5) is 10.9 Å². The Balaban J connectivity index is 2.01. The molecule has 2 heterocycles. The number of hydrogen-bond donors (Lipinski definition) is 1. The highest BCUT2D eigenvalue weighted by atomic mass is 35.5. The minimum absolute atomic E-state index is 0.486. The second kappa shape index (κ2) is 4.53. The summed E-state index contributed by atoms with van der Waals surface area (Å²) in [5.74, 6) is 0.632. The maximum absolute atomic E-state index is 9.01. The smallest absolute Gasteiger partial charge is 0.189 e. The lowest BCUT2D eigenvalue weighted by atomic mass is 10.3. The summed E-state index contributed by atoms with van der Waals surface area (Å²) in [6.07, 6.45) is 1.52. The number of nitrogens with one attached hydrogen (secondary N) is 1. The van der Waals surface area contributed by atoms with Gasteiger partial charge in [0.25, 0.3) is 0 Å². The summed E-state index contributed by atoms with van der Waals surface area (Å²) >= 11 is 7.43. The molecule has 0 spiro atoms. The molecule has 0 saturated heterocycles. The topological polar surface area (TPSA) is 66.5 Å². The van der Waals surface area contributed by atoms with Crippen molar-refractivity contribution in [3.63, 3.8) is 0 Å². The molecule has 0 radical (unpaired) electrons. The predicted molar refractivity (Wildman–Crippen MR) is 75.8 cm³/mol. The van der Waals surface area contributed by atoms with Crippen molar-refractivity contribution < 1.29 is 0 Å². The van der Waals surface area contributed by atoms with E-state index in [0.717, 1.165) is 10.2 Å². The fourth-order valence-corrected chi connectivity index (χ4v) is 2.86. The summed E-state index contributed by atoms with van der Waals surface area (Å²) in [5, 5.41) is 17.6. The minimum atomic E-state index is 0.486. The Bertz CT molecular complexity index is 798. The molecule has 0 saturated carbocycles. The first kappa shape index (κ1) is 12.0. The number of hydrogen-bond acceptors (Lipinski definition) is 5. The Hall–Kier alpha value is -2.10. The Morgan fingerprint density at radius 1 is 1.47 bits per heavy atom. The molecule has 0 aliphatic heterocycles. The number of thiazole rings is 1. The van der Waals surface area contributed by atoms with Gasteiger partial charge in [0.15, 0.2) is 5.13 Å². The van der Waals surface area contributed by atoms with Gasteiger partial charge in [0, 0.05) is 12.1 Å². The second-order valence-electron chi connectivity index (χ2n) is 3.90. The summed E-state index contributed by atoms with van der Waals surface area (Å²) in [6.45, 7) is 0. The SMILES string of the molecule is Cn1ncc(C#N)c1Nc1nc2ccc(Cl)cc2s1. The Morgan fingerprint density at radius 3 is 3.11 bits per heavy atom. The Morgan fingerprint density at radius 2 is 2.32 bits per heavy atom. The predicted octanol–water partition coefficient (Wildman–Crippen LogP) is 3.30. The average Bonchev–Trinajstić information content (AvgIpc) is 2.94. The zero-order valence-corrected chi connectivity index (χ0v) is 11.5. The standard InChI is InChI=1S/C12H8ClN5S/c1-18-11(7(5-14)6-15-18)17-12-16-9-3-2-8(13)4-10(9)19-12/h2-4,6H,1H3,(H,16,17). The van der Waals surface area contributed by atoms with Crippen molar-refractivity contribution >= 4 is 44.1 Å². The first-order valence-electron chi connectivity index (χ1n) is 5.42. The van der Waals surface area contributed by atoms with Crippen LogP contribution < -0.4 is 5.32 Å². The van der Waals surface area contributed by atoms with Gasteiger partial charge in [0.1, 0.15) is 17.5 Å². The zero-order chi connectivity index (χ0) is 13.4. The molecular weight excluding hydrogens is 282 g/mol. The van der Waals surface area contributed by atoms with Crippen LogP contribution in [0.3, 0.4) is 0 Å². The van der Waals surface area contributed by atoms with Crippen LogP contribution in [0.1, 0.15) is 5.56 Å². The molecule has 0 aliphatic carbocycles. The molecule has 2 aromatic heterocycles. The molecule has 1 N–H and O–H groups in total. The lowest BCUT2D eigenvalue weighted by molar-refractivity contribution is 0.776. The van der Waals surface area contributed by atoms with E-state index in [4.69, 9.17) is 16.9 Å². The van der Waals surface area contributed by atoms with Crippen molar-refractivity contribution in [3.8, 4) is 6.07 Å². The fraction of sp³-hybridized carbons (Fsp3) is 0.0833. The zero-order valence-electron chi connectivity index (χ0n) is 9.88. The van der Waals surface area contributed by atoms with E-state index in [9.17, 15) is 0 Å². The van der Waals surface area contributed by atoms with Gasteiger partial charge >= 0.3 is 0 Å². The molecular formula is C12H8ClN5S. The van der Waals surface area contributed by atoms with E-state index in [-0.39, 0.29) is 0 Å². The van der Waals surface area contributed by atoms with Gasteiger partial charge in [-0.3, -0.25) is 4.68 Å². The first-order valence-corrected chi connectivity index (χ1v) is 6.62. The molecule has 1 aromatic carbocycles. The number of halogens is 1. The number of nitrogens with zero attached hydrogens (tertiary/aromatic N) is 4. The Labute approximate surface area is 118 Å². The third kappa shape index (κ3) is 2.14. The van der Waals surface area contributed by atoms with Crippen LogP contribution in [0.5, 0.6) is 0 Å². The molecule has 5 nitrogen and oxygen atoms in total. The quantitative estimate of drug-likeness (QED) is 0.786. The van der Waals surface area contributed by atoms with E-state index in [2.05, 4.69) is 21.5 Å². The molecule has 0 atom stereocenters. The highest BCUT2D eigenvalue weighted by molar-refractivity contribution is 7.22. The Kier molecular flexibility index (Phi) is 2.85. The number of aryl methyl sites for hydroxylation is 1. The lowest BCUT2D eigenvalue weighted by Gasteiger charge is -2.02. The summed E-state index contributed by atoms with van der Waals surface area (Å²) in [5.41, 5.74) is 1.36. The van der Waals surface area contributed by atoms with Crippen LogP contribution in [-0.2, 0) is 7.05 Å². The van der Waals surface area contributed by atoms with Crippen molar-refractivity contribution in [2.75, 3.05) is 5.32 Å². The van der Waals surface area contributed by atoms with E-state index >= 15 is 0 Å². The second-order valence-corrected chi connectivity index (χ2v) is 5.37. The molecule has 3 rings (SSSR count). The lowest BCUT2D eigenvalue weighted by Crippen LogP contribution is -1.99. The summed E-state index contributed by atoms with van der Waals surface area (Å²) in [7, 11) is 1.77. The number of nitriles is 1. The molecule has 19 heavy (non-hydrogen) atoms. The summed E-state index contributed by atoms with van der Waals surface area (Å²) < 4.78 is 2.60. The molecule has 0 fully saturated rings. The van der Waals surface area contributed by atoms with Gasteiger partial charge in [-0.1, -0.05) is 22.9 Å². The number of benzene rings is 1. The van der Waals surface area contributed by atoms with Crippen molar-refractivity contribution in [1.82, 2.24) is 14.8 Å². The third-order valence-corrected chi connectivity index (χ3v) is 3.80. The van der Waals surface area contributed by atoms with Crippen molar-refractivity contribution in [2.24, 2.45) is 7.05 Å². The van der Waals surface area contributed by atoms with Crippen molar-refractivity contribution in [1.29, 1.82) is 5.26 Å². The van der Waals surface area contributed by atoms with Gasteiger partial charge in [-0.2, -0.15) is 10.4 Å². The van der Waals surface area contributed by atoms with Crippen LogP contribution in [0, 0.1) is 11.3 Å². The van der Waals surface area contributed by atoms with Gasteiger partial charge in [-0.15, -0.1) is 0 Å². The normalized spacial score (nSPS) is 10.6. The van der Waals surface area contributed by atoms with E-state index in [1.54, 1.807) is 17.8 Å². The van der Waals surface area contributed by atoms with E-state index in [1.807, 2.05) is 12.1 Å². The van der Waals surface area contributed by atoms with Gasteiger partial charge < -0.3 is 5.32 Å². The molecule has 0 bridgehead atoms. The number of fused-ring (bicyclic) bond motifs is 1. The molecule has 3 aromatic rings. The van der Waals surface area contributed by atoms with E-state index in [0.29, 0.717) is 21.5 Å². The summed E-state index contributed by atoms with van der Waals surface area (Å²) in [4.78, 5) is 4.44. The van der Waals surface area contributed by atoms with Gasteiger partial charge in [0.05, 0.1) is 16.4 Å². The molecule has 0 unspecified atom stereocenters. The largest absolute Gasteiger partial charge is 0.315 e.